The number of aliphatic imine (C=N–C) groups is 1. The van der Waals surface area contributed by atoms with Gasteiger partial charge in [-0.2, -0.15) is 0 Å². The lowest BCUT2D eigenvalue weighted by Crippen LogP contribution is -2.47. The number of nitrogens with zero attached hydrogens (tertiary/aromatic N) is 3. The van der Waals surface area contributed by atoms with Crippen molar-refractivity contribution in [3.8, 4) is 0 Å². The van der Waals surface area contributed by atoms with Crippen LogP contribution in [0, 0.1) is 5.82 Å². The van der Waals surface area contributed by atoms with Crippen LogP contribution in [0.5, 0.6) is 0 Å². The molecule has 1 aliphatic carbocycles. The standard InChI is InChI=1S/C23H27F2N5/c1-16(30(2)3)19(17-8-5-4-6-9-17)14-28-22(26)29-15-23(12-18(24)13-23)21-20(25)10-7-11-27-21/h4-11,14,18H,1,12-13,15H2,2-3H3,(H3,26,28,29)/b19-14+. The van der Waals surface area contributed by atoms with Crippen molar-refractivity contribution in [2.45, 2.75) is 24.4 Å². The van der Waals surface area contributed by atoms with E-state index in [1.54, 1.807) is 6.20 Å². The number of aromatic nitrogens is 1. The topological polar surface area (TPSA) is 66.5 Å². The van der Waals surface area contributed by atoms with Crippen LogP contribution in [0.2, 0.25) is 0 Å². The zero-order chi connectivity index (χ0) is 21.7. The number of benzene rings is 1. The molecule has 1 aromatic carbocycles. The molecule has 5 nitrogen and oxygen atoms in total. The molecule has 1 aliphatic rings. The van der Waals surface area contributed by atoms with E-state index in [1.165, 1.54) is 18.3 Å². The van der Waals surface area contributed by atoms with Crippen molar-refractivity contribution in [1.29, 1.82) is 0 Å². The van der Waals surface area contributed by atoms with Crippen molar-refractivity contribution < 1.29 is 8.78 Å². The second-order valence-electron chi connectivity index (χ2n) is 7.73. The fraction of sp³-hybridized carbons (Fsp3) is 0.304. The molecule has 30 heavy (non-hydrogen) atoms. The van der Waals surface area contributed by atoms with Crippen LogP contribution in [0.1, 0.15) is 24.1 Å². The van der Waals surface area contributed by atoms with Crippen molar-refractivity contribution >= 4 is 11.5 Å². The summed E-state index contributed by atoms with van der Waals surface area (Å²) >= 11 is 0. The number of likely N-dealkylation sites (N-methyl/N-ethyl adjacent to an activating group) is 1. The Morgan fingerprint density at radius 2 is 2.00 bits per heavy atom. The first kappa shape index (κ1) is 21.5. The molecular formula is C23H27F2N5. The maximum Gasteiger partial charge on any atom is 0.192 e. The Labute approximate surface area is 176 Å². The van der Waals surface area contributed by atoms with Gasteiger partial charge < -0.3 is 16.0 Å². The Morgan fingerprint density at radius 3 is 2.60 bits per heavy atom. The fourth-order valence-corrected chi connectivity index (χ4v) is 3.58. The van der Waals surface area contributed by atoms with E-state index in [0.717, 1.165) is 16.8 Å². The van der Waals surface area contributed by atoms with Gasteiger partial charge in [0, 0.05) is 43.2 Å². The third-order valence-corrected chi connectivity index (χ3v) is 5.34. The largest absolute Gasteiger partial charge is 0.378 e. The van der Waals surface area contributed by atoms with Crippen molar-refractivity contribution in [1.82, 2.24) is 15.2 Å². The second-order valence-corrected chi connectivity index (χ2v) is 7.73. The van der Waals surface area contributed by atoms with E-state index in [1.807, 2.05) is 49.3 Å². The molecule has 1 fully saturated rings. The molecule has 0 radical (unpaired) electrons. The van der Waals surface area contributed by atoms with Gasteiger partial charge in [0.1, 0.15) is 12.0 Å². The highest BCUT2D eigenvalue weighted by Gasteiger charge is 2.48. The Balaban J connectivity index is 1.79. The van der Waals surface area contributed by atoms with Gasteiger partial charge >= 0.3 is 0 Å². The summed E-state index contributed by atoms with van der Waals surface area (Å²) in [5, 5.41) is 2.99. The first-order valence-electron chi connectivity index (χ1n) is 9.76. The number of guanidine groups is 1. The zero-order valence-electron chi connectivity index (χ0n) is 17.3. The lowest BCUT2D eigenvalue weighted by atomic mass is 9.65. The average molecular weight is 412 g/mol. The third kappa shape index (κ3) is 4.67. The van der Waals surface area contributed by atoms with E-state index in [-0.39, 0.29) is 31.0 Å². The minimum absolute atomic E-state index is 0.156. The van der Waals surface area contributed by atoms with Crippen LogP contribution in [0.15, 0.2) is 72.1 Å². The molecule has 0 unspecified atom stereocenters. The Kier molecular flexibility index (Phi) is 6.50. The second kappa shape index (κ2) is 9.07. The maximum absolute atomic E-state index is 14.3. The molecule has 0 bridgehead atoms. The van der Waals surface area contributed by atoms with Gasteiger partial charge in [-0.3, -0.25) is 9.98 Å². The highest BCUT2D eigenvalue weighted by Crippen LogP contribution is 2.45. The monoisotopic (exact) mass is 411 g/mol. The lowest BCUT2D eigenvalue weighted by Gasteiger charge is -2.42. The smallest absolute Gasteiger partial charge is 0.192 e. The number of hydrogen-bond acceptors (Lipinski definition) is 3. The Morgan fingerprint density at radius 1 is 1.30 bits per heavy atom. The fourth-order valence-electron chi connectivity index (χ4n) is 3.58. The van der Waals surface area contributed by atoms with Gasteiger partial charge in [-0.15, -0.1) is 0 Å². The molecule has 158 valence electrons. The predicted molar refractivity (Wildman–Crippen MR) is 117 cm³/mol. The minimum atomic E-state index is -0.983. The van der Waals surface area contributed by atoms with Crippen LogP contribution in [-0.2, 0) is 5.41 Å². The Hall–Kier alpha value is -3.22. The molecule has 0 atom stereocenters. The number of nitrogens with one attached hydrogen (secondary N) is 1. The number of nitrogens with two attached hydrogens (primary N) is 1. The van der Waals surface area contributed by atoms with Crippen molar-refractivity contribution in [3.05, 3.63) is 84.2 Å². The van der Waals surface area contributed by atoms with Crippen LogP contribution in [0.4, 0.5) is 8.78 Å². The molecule has 3 rings (SSSR count). The molecule has 7 heteroatoms. The van der Waals surface area contributed by atoms with Crippen LogP contribution in [0.3, 0.4) is 0 Å². The van der Waals surface area contributed by atoms with E-state index >= 15 is 0 Å². The van der Waals surface area contributed by atoms with Gasteiger partial charge in [-0.25, -0.2) is 8.78 Å². The van der Waals surface area contributed by atoms with Gasteiger partial charge in [0.2, 0.25) is 0 Å². The molecule has 2 aromatic rings. The summed E-state index contributed by atoms with van der Waals surface area (Å²) in [6, 6.07) is 12.6. The molecule has 3 N–H and O–H groups in total. The highest BCUT2D eigenvalue weighted by molar-refractivity contribution is 5.84. The van der Waals surface area contributed by atoms with Crippen LogP contribution in [-0.4, -0.2) is 42.7 Å². The number of alkyl halides is 1. The number of allylic oxidation sites excluding steroid dienone is 1. The van der Waals surface area contributed by atoms with Crippen LogP contribution in [0.25, 0.3) is 5.57 Å². The summed E-state index contributed by atoms with van der Waals surface area (Å²) in [7, 11) is 3.82. The number of halogens is 2. The number of pyridine rings is 1. The summed E-state index contributed by atoms with van der Waals surface area (Å²) in [6.45, 7) is 4.28. The van der Waals surface area contributed by atoms with Gasteiger partial charge in [0.25, 0.3) is 0 Å². The molecular weight excluding hydrogens is 384 g/mol. The van der Waals surface area contributed by atoms with Gasteiger partial charge in [0.15, 0.2) is 5.96 Å². The number of hydrogen-bond donors (Lipinski definition) is 2. The van der Waals surface area contributed by atoms with E-state index in [9.17, 15) is 8.78 Å². The summed E-state index contributed by atoms with van der Waals surface area (Å²) in [5.41, 5.74) is 8.17. The van der Waals surface area contributed by atoms with E-state index in [2.05, 4.69) is 21.9 Å². The third-order valence-electron chi connectivity index (χ3n) is 5.34. The normalized spacial score (nSPS) is 21.7. The molecule has 0 amide bonds. The highest BCUT2D eigenvalue weighted by atomic mass is 19.1. The van der Waals surface area contributed by atoms with Crippen LogP contribution >= 0.6 is 0 Å². The van der Waals surface area contributed by atoms with Crippen molar-refractivity contribution in [2.24, 2.45) is 10.7 Å². The molecule has 1 saturated carbocycles. The predicted octanol–water partition coefficient (Wildman–Crippen LogP) is 3.61. The van der Waals surface area contributed by atoms with Gasteiger partial charge in [0.05, 0.1) is 12.2 Å². The summed E-state index contributed by atoms with van der Waals surface area (Å²) in [4.78, 5) is 10.4. The molecule has 1 aromatic heterocycles. The minimum Gasteiger partial charge on any atom is -0.378 e. The Bertz CT molecular complexity index is 947. The maximum atomic E-state index is 14.3. The summed E-state index contributed by atoms with van der Waals surface area (Å²) in [6.07, 6.45) is 2.63. The molecule has 1 heterocycles. The molecule has 0 saturated heterocycles. The van der Waals surface area contributed by atoms with E-state index in [4.69, 9.17) is 5.73 Å². The quantitative estimate of drug-likeness (QED) is 0.415. The van der Waals surface area contributed by atoms with E-state index in [0.29, 0.717) is 0 Å². The average Bonchev–Trinajstić information content (AvgIpc) is 2.71. The molecule has 0 aliphatic heterocycles. The van der Waals surface area contributed by atoms with Crippen molar-refractivity contribution in [3.63, 3.8) is 0 Å². The lowest BCUT2D eigenvalue weighted by molar-refractivity contribution is 0.0935. The van der Waals surface area contributed by atoms with E-state index < -0.39 is 17.4 Å². The zero-order valence-corrected chi connectivity index (χ0v) is 17.3. The first-order valence-corrected chi connectivity index (χ1v) is 9.76. The van der Waals surface area contributed by atoms with Crippen molar-refractivity contribution in [2.75, 3.05) is 20.6 Å². The van der Waals surface area contributed by atoms with Gasteiger partial charge in [-0.05, 0) is 30.5 Å². The summed E-state index contributed by atoms with van der Waals surface area (Å²) < 4.78 is 28.0. The number of rotatable bonds is 7. The first-order chi connectivity index (χ1) is 14.3. The summed E-state index contributed by atoms with van der Waals surface area (Å²) in [5.74, 6) is -0.285. The molecule has 0 spiro atoms. The van der Waals surface area contributed by atoms with Crippen LogP contribution < -0.4 is 11.1 Å². The SMILES string of the molecule is C=C(/C(=C\NC(N)=NCC1(c2ncccc2F)CC(F)C1)c1ccccc1)N(C)C. The van der Waals surface area contributed by atoms with Gasteiger partial charge in [-0.1, -0.05) is 36.9 Å².